The molecule has 1 aliphatic carbocycles. The third-order valence-electron chi connectivity index (χ3n) is 9.65. The second kappa shape index (κ2) is 15.1. The van der Waals surface area contributed by atoms with E-state index in [9.17, 15) is 4.79 Å². The molecule has 7 rings (SSSR count). The van der Waals surface area contributed by atoms with Crippen LogP contribution in [0.3, 0.4) is 0 Å². The van der Waals surface area contributed by atoms with Crippen LogP contribution in [-0.4, -0.2) is 85.7 Å². The summed E-state index contributed by atoms with van der Waals surface area (Å²) in [5.74, 6) is 1.75. The third kappa shape index (κ3) is 7.32. The molecular formula is C38H46N2O5S. The summed E-state index contributed by atoms with van der Waals surface area (Å²) in [5, 5.41) is 1.01. The normalized spacial score (nSPS) is 20.8. The molecule has 2 atom stereocenters. The molecule has 46 heavy (non-hydrogen) atoms. The number of ether oxygens (including phenoxy) is 3. The minimum absolute atomic E-state index is 0. The van der Waals surface area contributed by atoms with Crippen molar-refractivity contribution in [1.82, 2.24) is 9.80 Å². The first-order valence-electron chi connectivity index (χ1n) is 16.7. The van der Waals surface area contributed by atoms with Gasteiger partial charge in [0.2, 0.25) is 0 Å². The maximum absolute atomic E-state index is 14.2. The Morgan fingerprint density at radius 1 is 0.870 bits per heavy atom. The molecule has 8 heteroatoms. The second-order valence-corrected chi connectivity index (χ2v) is 13.8. The smallest absolute Gasteiger partial charge is 0.195 e. The predicted molar refractivity (Wildman–Crippen MR) is 186 cm³/mol. The van der Waals surface area contributed by atoms with Crippen molar-refractivity contribution in [2.45, 2.75) is 57.6 Å². The highest BCUT2D eigenvalue weighted by Gasteiger charge is 2.32. The summed E-state index contributed by atoms with van der Waals surface area (Å²) in [6, 6.07) is 22.9. The first-order valence-corrected chi connectivity index (χ1v) is 17.6. The molecule has 2 N–H and O–H groups in total. The monoisotopic (exact) mass is 642 g/mol. The van der Waals surface area contributed by atoms with Gasteiger partial charge in [0.1, 0.15) is 24.2 Å². The summed E-state index contributed by atoms with van der Waals surface area (Å²) in [6.07, 6.45) is 7.43. The molecule has 3 aromatic carbocycles. The maximum Gasteiger partial charge on any atom is 0.195 e. The van der Waals surface area contributed by atoms with Gasteiger partial charge in [0, 0.05) is 51.8 Å². The molecule has 4 aromatic rings. The van der Waals surface area contributed by atoms with Crippen molar-refractivity contribution in [3.8, 4) is 21.9 Å². The van der Waals surface area contributed by atoms with Gasteiger partial charge in [0.25, 0.3) is 0 Å². The Balaban J connectivity index is 0.00000372. The minimum Gasteiger partial charge on any atom is -0.492 e. The van der Waals surface area contributed by atoms with Crippen molar-refractivity contribution in [2.24, 2.45) is 0 Å². The number of ketones is 1. The summed E-state index contributed by atoms with van der Waals surface area (Å²) in [5.41, 5.74) is 3.68. The number of thiophene rings is 1. The fraction of sp³-hybridized carbons (Fsp3) is 0.447. The predicted octanol–water partition coefficient (Wildman–Crippen LogP) is 6.78. The fourth-order valence-electron chi connectivity index (χ4n) is 7.18. The molecule has 1 aromatic heterocycles. The van der Waals surface area contributed by atoms with Crippen LogP contribution in [0.1, 0.15) is 60.0 Å². The Labute approximate surface area is 276 Å². The molecular weight excluding hydrogens is 596 g/mol. The van der Waals surface area contributed by atoms with Crippen molar-refractivity contribution in [2.75, 3.05) is 52.5 Å². The number of morpholine rings is 1. The van der Waals surface area contributed by atoms with E-state index in [1.54, 1.807) is 11.3 Å². The number of hydrogen-bond donors (Lipinski definition) is 0. The van der Waals surface area contributed by atoms with Crippen LogP contribution >= 0.6 is 11.3 Å². The van der Waals surface area contributed by atoms with Gasteiger partial charge in [-0.15, -0.1) is 11.3 Å². The van der Waals surface area contributed by atoms with Crippen LogP contribution in [0.15, 0.2) is 66.7 Å². The molecule has 1 saturated carbocycles. The van der Waals surface area contributed by atoms with Gasteiger partial charge >= 0.3 is 0 Å². The molecule has 0 spiro atoms. The molecule has 244 valence electrons. The number of aryl methyl sites for hydroxylation is 1. The summed E-state index contributed by atoms with van der Waals surface area (Å²) < 4.78 is 19.4. The number of carbonyl (C=O) groups excluding carboxylic acids is 1. The quantitative estimate of drug-likeness (QED) is 0.178. The Kier molecular flexibility index (Phi) is 10.7. The van der Waals surface area contributed by atoms with E-state index >= 15 is 0 Å². The van der Waals surface area contributed by atoms with Crippen LogP contribution < -0.4 is 9.47 Å². The lowest BCUT2D eigenvalue weighted by Crippen LogP contribution is -2.52. The van der Waals surface area contributed by atoms with Crippen LogP contribution in [0.4, 0.5) is 0 Å². The van der Waals surface area contributed by atoms with E-state index in [0.717, 1.165) is 76.9 Å². The number of benzene rings is 3. The first kappa shape index (κ1) is 32.7. The van der Waals surface area contributed by atoms with Crippen molar-refractivity contribution < 1.29 is 24.5 Å². The summed E-state index contributed by atoms with van der Waals surface area (Å²) >= 11 is 1.69. The number of nitrogens with zero attached hydrogens (tertiary/aromatic N) is 2. The lowest BCUT2D eigenvalue weighted by Gasteiger charge is -2.41. The van der Waals surface area contributed by atoms with Gasteiger partial charge in [0.15, 0.2) is 5.78 Å². The summed E-state index contributed by atoms with van der Waals surface area (Å²) in [6.45, 7) is 9.67. The average molecular weight is 643 g/mol. The molecule has 3 heterocycles. The Hall–Kier alpha value is -3.27. The highest BCUT2D eigenvalue weighted by molar-refractivity contribution is 7.22. The molecule has 3 fully saturated rings. The van der Waals surface area contributed by atoms with E-state index in [-0.39, 0.29) is 17.4 Å². The zero-order chi connectivity index (χ0) is 30.6. The van der Waals surface area contributed by atoms with E-state index in [2.05, 4.69) is 47.1 Å². The number of carbonyl (C=O) groups is 1. The minimum atomic E-state index is 0. The Morgan fingerprint density at radius 2 is 1.59 bits per heavy atom. The molecule has 0 radical (unpaired) electrons. The van der Waals surface area contributed by atoms with Gasteiger partial charge in [-0.1, -0.05) is 18.6 Å². The van der Waals surface area contributed by atoms with Gasteiger partial charge in [-0.05, 0) is 118 Å². The van der Waals surface area contributed by atoms with Gasteiger partial charge in [-0.25, -0.2) is 0 Å². The number of likely N-dealkylation sites (tertiary alicyclic amines) is 1. The average Bonchev–Trinajstić information content (AvgIpc) is 3.74. The first-order chi connectivity index (χ1) is 22.1. The van der Waals surface area contributed by atoms with Crippen LogP contribution in [-0.2, 0) is 4.74 Å². The zero-order valence-electron chi connectivity index (χ0n) is 26.8. The number of fused-ring (bicyclic) bond motifs is 1. The molecule has 2 saturated heterocycles. The van der Waals surface area contributed by atoms with Crippen LogP contribution in [0.5, 0.6) is 11.5 Å². The molecule has 3 aliphatic rings. The fourth-order valence-corrected chi connectivity index (χ4v) is 8.48. The molecule has 7 nitrogen and oxygen atoms in total. The largest absolute Gasteiger partial charge is 0.492 e. The Bertz CT molecular complexity index is 1590. The molecule has 0 amide bonds. The van der Waals surface area contributed by atoms with Gasteiger partial charge < -0.3 is 19.7 Å². The van der Waals surface area contributed by atoms with E-state index in [4.69, 9.17) is 14.2 Å². The lowest BCUT2D eigenvalue weighted by molar-refractivity contribution is -0.0281. The van der Waals surface area contributed by atoms with Gasteiger partial charge in [-0.2, -0.15) is 0 Å². The highest BCUT2D eigenvalue weighted by atomic mass is 32.1. The van der Waals surface area contributed by atoms with Gasteiger partial charge in [0.05, 0.1) is 13.2 Å². The highest BCUT2D eigenvalue weighted by Crippen LogP contribution is 2.41. The van der Waals surface area contributed by atoms with E-state index in [0.29, 0.717) is 18.2 Å². The SMILES string of the molecule is Cc1ccc2c(C(=O)c3ccc(OC4CCCCC4N4CCOCC4)cc3)c(-c3ccc(OCCN4CCCC4)cc3)sc2c1.O. The Morgan fingerprint density at radius 3 is 2.35 bits per heavy atom. The van der Waals surface area contributed by atoms with Crippen LogP contribution in [0.2, 0.25) is 0 Å². The molecule has 0 bridgehead atoms. The summed E-state index contributed by atoms with van der Waals surface area (Å²) in [4.78, 5) is 20.2. The third-order valence-corrected chi connectivity index (χ3v) is 10.9. The van der Waals surface area contributed by atoms with E-state index in [1.807, 2.05) is 36.4 Å². The van der Waals surface area contributed by atoms with Gasteiger partial charge in [-0.3, -0.25) is 14.6 Å². The second-order valence-electron chi connectivity index (χ2n) is 12.7. The van der Waals surface area contributed by atoms with Crippen molar-refractivity contribution in [1.29, 1.82) is 0 Å². The van der Waals surface area contributed by atoms with Crippen molar-refractivity contribution >= 4 is 27.2 Å². The van der Waals surface area contributed by atoms with Crippen molar-refractivity contribution in [3.05, 3.63) is 83.4 Å². The lowest BCUT2D eigenvalue weighted by atomic mass is 9.91. The van der Waals surface area contributed by atoms with Crippen LogP contribution in [0, 0.1) is 6.92 Å². The van der Waals surface area contributed by atoms with E-state index in [1.165, 1.54) is 50.8 Å². The number of rotatable bonds is 10. The topological polar surface area (TPSA) is 82.7 Å². The zero-order valence-corrected chi connectivity index (χ0v) is 27.7. The van der Waals surface area contributed by atoms with Crippen molar-refractivity contribution in [3.63, 3.8) is 0 Å². The molecule has 2 aliphatic heterocycles. The maximum atomic E-state index is 14.2. The number of hydrogen-bond acceptors (Lipinski definition) is 7. The molecule has 2 unspecified atom stereocenters. The van der Waals surface area contributed by atoms with E-state index < -0.39 is 0 Å². The summed E-state index contributed by atoms with van der Waals surface area (Å²) in [7, 11) is 0. The van der Waals surface area contributed by atoms with Crippen LogP contribution in [0.25, 0.3) is 20.5 Å². The standard InChI is InChI=1S/C38H44N2O4S.H2O/c1-27-8-17-32-35(26-27)45-38(29-11-13-30(14-12-29)43-25-20-39-18-4-5-19-39)36(32)37(41)28-9-15-31(16-10-28)44-34-7-3-2-6-33(34)40-21-23-42-24-22-40;/h8-17,26,33-34H,2-7,18-25H2,1H3;1H2.